The third-order valence-corrected chi connectivity index (χ3v) is 5.12. The summed E-state index contributed by atoms with van der Waals surface area (Å²) in [7, 11) is -2.89. The summed E-state index contributed by atoms with van der Waals surface area (Å²) in [5.41, 5.74) is 2.17. The molecule has 0 fully saturated rings. The average Bonchev–Trinajstić information content (AvgIpc) is 2.36. The van der Waals surface area contributed by atoms with Crippen LogP contribution in [0.3, 0.4) is 0 Å². The van der Waals surface area contributed by atoms with Crippen molar-refractivity contribution >= 4 is 25.8 Å². The molecule has 102 valence electrons. The van der Waals surface area contributed by atoms with Gasteiger partial charge in [0, 0.05) is 16.6 Å². The summed E-state index contributed by atoms with van der Waals surface area (Å²) in [5.74, 6) is 1.26. The number of rotatable bonds is 7. The van der Waals surface area contributed by atoms with Crippen LogP contribution in [0.25, 0.3) is 0 Å². The highest BCUT2D eigenvalue weighted by molar-refractivity contribution is 9.08. The molecule has 1 rings (SSSR count). The predicted molar refractivity (Wildman–Crippen MR) is 78.2 cm³/mol. The average molecular weight is 335 g/mol. The number of alkyl halides is 1. The second kappa shape index (κ2) is 7.14. The highest BCUT2D eigenvalue weighted by Gasteiger charge is 2.09. The van der Waals surface area contributed by atoms with E-state index in [1.165, 1.54) is 0 Å². The molecule has 0 bridgehead atoms. The van der Waals surface area contributed by atoms with E-state index in [2.05, 4.69) is 15.9 Å². The first-order valence-electron chi connectivity index (χ1n) is 5.98. The molecule has 0 aromatic heterocycles. The largest absolute Gasteiger partial charge is 0.493 e. The fourth-order valence-electron chi connectivity index (χ4n) is 1.62. The van der Waals surface area contributed by atoms with Crippen LogP contribution in [-0.4, -0.2) is 26.5 Å². The highest BCUT2D eigenvalue weighted by Crippen LogP contribution is 2.25. The smallest absolute Gasteiger partial charge is 0.150 e. The molecule has 3 nitrogen and oxygen atoms in total. The second-order valence-electron chi connectivity index (χ2n) is 4.14. The van der Waals surface area contributed by atoms with Crippen LogP contribution >= 0.6 is 15.9 Å². The van der Waals surface area contributed by atoms with Gasteiger partial charge in [0.05, 0.1) is 12.4 Å². The van der Waals surface area contributed by atoms with E-state index in [1.54, 1.807) is 6.92 Å². The zero-order valence-corrected chi connectivity index (χ0v) is 13.2. The highest BCUT2D eigenvalue weighted by atomic mass is 79.9. The molecule has 0 heterocycles. The van der Waals surface area contributed by atoms with Crippen molar-refractivity contribution < 1.29 is 13.2 Å². The molecule has 5 heteroatoms. The molecule has 1 aromatic rings. The van der Waals surface area contributed by atoms with Crippen LogP contribution < -0.4 is 4.74 Å². The first-order valence-corrected chi connectivity index (χ1v) is 8.92. The maximum absolute atomic E-state index is 11.3. The van der Waals surface area contributed by atoms with E-state index in [9.17, 15) is 8.42 Å². The topological polar surface area (TPSA) is 43.4 Å². The number of para-hydroxylation sites is 1. The van der Waals surface area contributed by atoms with E-state index in [0.29, 0.717) is 13.0 Å². The summed E-state index contributed by atoms with van der Waals surface area (Å²) >= 11 is 3.42. The van der Waals surface area contributed by atoms with Crippen molar-refractivity contribution in [3.8, 4) is 5.75 Å². The van der Waals surface area contributed by atoms with Gasteiger partial charge in [-0.3, -0.25) is 0 Å². The second-order valence-corrected chi connectivity index (χ2v) is 7.17. The zero-order chi connectivity index (χ0) is 13.6. The molecule has 18 heavy (non-hydrogen) atoms. The Bertz CT molecular complexity index is 483. The normalized spacial score (nSPS) is 11.5. The fourth-order valence-corrected chi connectivity index (χ4v) is 2.91. The Hall–Kier alpha value is -0.550. The molecule has 0 atom stereocenters. The van der Waals surface area contributed by atoms with Crippen LogP contribution in [-0.2, 0) is 15.2 Å². The third-order valence-electron chi connectivity index (χ3n) is 2.72. The number of sulfone groups is 1. The molecule has 1 aromatic carbocycles. The van der Waals surface area contributed by atoms with E-state index < -0.39 is 9.84 Å². The minimum absolute atomic E-state index is 0.193. The molecule has 0 saturated heterocycles. The predicted octanol–water partition coefficient (Wildman–Crippen LogP) is 3.09. The molecule has 0 unspecified atom stereocenters. The standard InChI is InChI=1S/C13H19BrO3S/c1-3-18(15,16)9-5-8-17-13-11(2)6-4-7-12(13)10-14/h4,6-7H,3,5,8-10H2,1-2H3. The van der Waals surface area contributed by atoms with Gasteiger partial charge in [0.1, 0.15) is 15.6 Å². The molecule has 0 N–H and O–H groups in total. The zero-order valence-electron chi connectivity index (χ0n) is 10.8. The summed E-state index contributed by atoms with van der Waals surface area (Å²) < 4.78 is 28.4. The molecular formula is C13H19BrO3S. The van der Waals surface area contributed by atoms with Gasteiger partial charge in [-0.05, 0) is 18.9 Å². The van der Waals surface area contributed by atoms with Crippen LogP contribution in [0.4, 0.5) is 0 Å². The van der Waals surface area contributed by atoms with E-state index in [0.717, 1.165) is 22.2 Å². The summed E-state index contributed by atoms with van der Waals surface area (Å²) in [5, 5.41) is 0.733. The van der Waals surface area contributed by atoms with Crippen LogP contribution in [0.2, 0.25) is 0 Å². The first kappa shape index (κ1) is 15.5. The van der Waals surface area contributed by atoms with Gasteiger partial charge in [-0.15, -0.1) is 0 Å². The summed E-state index contributed by atoms with van der Waals surface area (Å²) in [6.07, 6.45) is 0.534. The van der Waals surface area contributed by atoms with Crippen LogP contribution in [0.1, 0.15) is 24.5 Å². The van der Waals surface area contributed by atoms with Gasteiger partial charge in [-0.25, -0.2) is 8.42 Å². The lowest BCUT2D eigenvalue weighted by atomic mass is 10.1. The van der Waals surface area contributed by atoms with Crippen LogP contribution in [0.5, 0.6) is 5.75 Å². The van der Waals surface area contributed by atoms with Crippen LogP contribution in [0.15, 0.2) is 18.2 Å². The number of hydrogen-bond donors (Lipinski definition) is 0. The van der Waals surface area contributed by atoms with Crippen molar-refractivity contribution in [2.45, 2.75) is 25.6 Å². The minimum Gasteiger partial charge on any atom is -0.493 e. The lowest BCUT2D eigenvalue weighted by molar-refractivity contribution is 0.313. The summed E-state index contributed by atoms with van der Waals surface area (Å²) in [6, 6.07) is 5.98. The molecule has 0 saturated carbocycles. The Morgan fingerprint density at radius 1 is 1.33 bits per heavy atom. The molecule has 0 aliphatic heterocycles. The number of ether oxygens (including phenoxy) is 1. The van der Waals surface area contributed by atoms with Crippen molar-refractivity contribution in [3.63, 3.8) is 0 Å². The number of hydrogen-bond acceptors (Lipinski definition) is 3. The first-order chi connectivity index (χ1) is 8.50. The van der Waals surface area contributed by atoms with Crippen LogP contribution in [0, 0.1) is 6.92 Å². The maximum atomic E-state index is 11.3. The van der Waals surface area contributed by atoms with E-state index in [4.69, 9.17) is 4.74 Å². The van der Waals surface area contributed by atoms with Crippen molar-refractivity contribution in [1.82, 2.24) is 0 Å². The Morgan fingerprint density at radius 2 is 2.06 bits per heavy atom. The molecule has 0 radical (unpaired) electrons. The summed E-state index contributed by atoms with van der Waals surface area (Å²) in [4.78, 5) is 0. The quantitative estimate of drug-likeness (QED) is 0.568. The van der Waals surface area contributed by atoms with E-state index >= 15 is 0 Å². The Balaban J connectivity index is 2.54. The Morgan fingerprint density at radius 3 is 2.67 bits per heavy atom. The van der Waals surface area contributed by atoms with E-state index in [-0.39, 0.29) is 11.5 Å². The van der Waals surface area contributed by atoms with Crippen molar-refractivity contribution in [3.05, 3.63) is 29.3 Å². The molecular weight excluding hydrogens is 316 g/mol. The monoisotopic (exact) mass is 334 g/mol. The lowest BCUT2D eigenvalue weighted by Crippen LogP contribution is -2.12. The molecule has 0 spiro atoms. The Kier molecular flexibility index (Phi) is 6.15. The number of aryl methyl sites for hydroxylation is 1. The maximum Gasteiger partial charge on any atom is 0.150 e. The van der Waals surface area contributed by atoms with E-state index in [1.807, 2.05) is 25.1 Å². The Labute approximate surface area is 118 Å². The van der Waals surface area contributed by atoms with Gasteiger partial charge >= 0.3 is 0 Å². The summed E-state index contributed by atoms with van der Waals surface area (Å²) in [6.45, 7) is 4.09. The fraction of sp³-hybridized carbons (Fsp3) is 0.538. The van der Waals surface area contributed by atoms with Crippen molar-refractivity contribution in [2.75, 3.05) is 18.1 Å². The molecule has 0 aliphatic rings. The molecule has 0 aliphatic carbocycles. The number of halogens is 1. The van der Waals surface area contributed by atoms with Gasteiger partial charge in [0.2, 0.25) is 0 Å². The minimum atomic E-state index is -2.89. The SMILES string of the molecule is CCS(=O)(=O)CCCOc1c(C)cccc1CBr. The number of benzene rings is 1. The van der Waals surface area contributed by atoms with Gasteiger partial charge < -0.3 is 4.74 Å². The third kappa shape index (κ3) is 4.61. The van der Waals surface area contributed by atoms with Gasteiger partial charge in [0.25, 0.3) is 0 Å². The van der Waals surface area contributed by atoms with Gasteiger partial charge in [-0.2, -0.15) is 0 Å². The lowest BCUT2D eigenvalue weighted by Gasteiger charge is -2.12. The van der Waals surface area contributed by atoms with Crippen molar-refractivity contribution in [1.29, 1.82) is 0 Å². The molecule has 0 amide bonds. The van der Waals surface area contributed by atoms with Gasteiger partial charge in [0.15, 0.2) is 0 Å². The van der Waals surface area contributed by atoms with Gasteiger partial charge in [-0.1, -0.05) is 41.1 Å². The van der Waals surface area contributed by atoms with Crippen molar-refractivity contribution in [2.24, 2.45) is 0 Å².